The minimum atomic E-state index is 0.286. The molecule has 0 N–H and O–H groups in total. The van der Waals surface area contributed by atoms with E-state index in [1.165, 1.54) is 0 Å². The molecule has 0 aliphatic carbocycles. The summed E-state index contributed by atoms with van der Waals surface area (Å²) in [5.41, 5.74) is 0. The Labute approximate surface area is 138 Å². The third kappa shape index (κ3) is 11.4. The van der Waals surface area contributed by atoms with Crippen molar-refractivity contribution in [2.75, 3.05) is 26.2 Å². The van der Waals surface area contributed by atoms with Gasteiger partial charge >= 0.3 is 0 Å². The number of hydrogen-bond donors (Lipinski definition) is 0. The minimum Gasteiger partial charge on any atom is -0.378 e. The van der Waals surface area contributed by atoms with Crippen LogP contribution in [0.5, 0.6) is 0 Å². The topological polar surface area (TPSA) is 23.6 Å². The van der Waals surface area contributed by atoms with Crippen LogP contribution in [0.2, 0.25) is 0 Å². The van der Waals surface area contributed by atoms with Crippen LogP contribution in [-0.4, -0.2) is 41.8 Å². The molecule has 0 fully saturated rings. The van der Waals surface area contributed by atoms with E-state index < -0.39 is 0 Å². The van der Waals surface area contributed by atoms with Gasteiger partial charge in [-0.1, -0.05) is 39.8 Å². The van der Waals surface area contributed by atoms with Crippen molar-refractivity contribution in [2.45, 2.75) is 66.2 Å². The molecule has 0 amide bonds. The summed E-state index contributed by atoms with van der Waals surface area (Å²) >= 11 is 0. The lowest BCUT2D eigenvalue weighted by atomic mass is 10.2. The van der Waals surface area contributed by atoms with Crippen LogP contribution in [0, 0.1) is 0 Å². The lowest BCUT2D eigenvalue weighted by Crippen LogP contribution is -2.19. The zero-order valence-corrected chi connectivity index (χ0v) is 15.2. The van der Waals surface area contributed by atoms with Crippen LogP contribution in [0.1, 0.15) is 66.2 Å². The molecule has 0 saturated carbocycles. The van der Waals surface area contributed by atoms with E-state index >= 15 is 0 Å². The van der Waals surface area contributed by atoms with Crippen molar-refractivity contribution >= 4 is 5.78 Å². The Kier molecular flexibility index (Phi) is 13.8. The van der Waals surface area contributed by atoms with Crippen LogP contribution in [0.25, 0.3) is 0 Å². The molecule has 0 aliphatic rings. The number of Topliss-reactive ketones (excluding diaryl/α,β-unsaturated/α-hetero) is 1. The zero-order valence-electron chi connectivity index (χ0n) is 15.2. The molecule has 0 aromatic heterocycles. The first-order chi connectivity index (χ1) is 10.7. The largest absolute Gasteiger partial charge is 0.378 e. The molecule has 0 aliphatic heterocycles. The molecule has 0 saturated heterocycles. The van der Waals surface area contributed by atoms with Crippen LogP contribution in [0.3, 0.4) is 0 Å². The van der Waals surface area contributed by atoms with Gasteiger partial charge in [0.05, 0.1) is 0 Å². The number of rotatable bonds is 14. The first kappa shape index (κ1) is 20.8. The molecular formula is C19H36N2O. The van der Waals surface area contributed by atoms with E-state index in [4.69, 9.17) is 0 Å². The molecule has 0 aromatic carbocycles. The maximum Gasteiger partial charge on any atom is 0.140 e. The molecule has 0 bridgehead atoms. The Morgan fingerprint density at radius 2 is 1.00 bits per heavy atom. The molecule has 22 heavy (non-hydrogen) atoms. The van der Waals surface area contributed by atoms with Gasteiger partial charge in [-0.2, -0.15) is 0 Å². The number of nitrogens with zero attached hydrogens (tertiary/aromatic N) is 2. The summed E-state index contributed by atoms with van der Waals surface area (Å²) in [4.78, 5) is 16.5. The van der Waals surface area contributed by atoms with E-state index in [9.17, 15) is 4.79 Å². The van der Waals surface area contributed by atoms with Crippen LogP contribution < -0.4 is 0 Å². The fourth-order valence-corrected chi connectivity index (χ4v) is 2.42. The van der Waals surface area contributed by atoms with Crippen molar-refractivity contribution in [1.82, 2.24) is 9.80 Å². The summed E-state index contributed by atoms with van der Waals surface area (Å²) in [5.74, 6) is 0.286. The van der Waals surface area contributed by atoms with Crippen molar-refractivity contribution in [1.29, 1.82) is 0 Å². The lowest BCUT2D eigenvalue weighted by molar-refractivity contribution is -0.117. The van der Waals surface area contributed by atoms with Gasteiger partial charge in [0, 0.05) is 39.0 Å². The van der Waals surface area contributed by atoms with Gasteiger partial charge in [0.1, 0.15) is 5.78 Å². The third-order valence-electron chi connectivity index (χ3n) is 3.37. The van der Waals surface area contributed by atoms with Crippen LogP contribution in [0.15, 0.2) is 24.6 Å². The van der Waals surface area contributed by atoms with E-state index in [2.05, 4.69) is 49.9 Å². The predicted molar refractivity (Wildman–Crippen MR) is 96.8 cm³/mol. The summed E-state index contributed by atoms with van der Waals surface area (Å²) < 4.78 is 0. The average Bonchev–Trinajstić information content (AvgIpc) is 2.48. The van der Waals surface area contributed by atoms with Gasteiger partial charge in [-0.15, -0.1) is 0 Å². The van der Waals surface area contributed by atoms with E-state index in [0.717, 1.165) is 51.9 Å². The number of carbonyl (C=O) groups is 1. The van der Waals surface area contributed by atoms with Crippen molar-refractivity contribution in [3.63, 3.8) is 0 Å². The smallest absolute Gasteiger partial charge is 0.140 e. The minimum absolute atomic E-state index is 0.286. The third-order valence-corrected chi connectivity index (χ3v) is 3.37. The van der Waals surface area contributed by atoms with Crippen molar-refractivity contribution < 1.29 is 4.79 Å². The Hall–Kier alpha value is -1.25. The van der Waals surface area contributed by atoms with Gasteiger partial charge < -0.3 is 9.80 Å². The number of ketones is 1. The van der Waals surface area contributed by atoms with Crippen molar-refractivity contribution in [3.8, 4) is 0 Å². The first-order valence-electron chi connectivity index (χ1n) is 9.00. The van der Waals surface area contributed by atoms with E-state index in [0.29, 0.717) is 12.8 Å². The summed E-state index contributed by atoms with van der Waals surface area (Å²) in [6.07, 6.45) is 13.9. The fourth-order valence-electron chi connectivity index (χ4n) is 2.42. The second-order valence-corrected chi connectivity index (χ2v) is 5.79. The second kappa shape index (κ2) is 14.7. The SMILES string of the molecule is CCCN(/C=C/CC(=O)C/C=C/N(CCC)CCC)CCC. The van der Waals surface area contributed by atoms with E-state index in [1.54, 1.807) is 0 Å². The van der Waals surface area contributed by atoms with Crippen molar-refractivity contribution in [3.05, 3.63) is 24.6 Å². The highest BCUT2D eigenvalue weighted by Gasteiger charge is 1.99. The van der Waals surface area contributed by atoms with Gasteiger partial charge in [-0.25, -0.2) is 0 Å². The molecule has 0 spiro atoms. The summed E-state index contributed by atoms with van der Waals surface area (Å²) in [6, 6.07) is 0. The normalized spacial score (nSPS) is 11.5. The lowest BCUT2D eigenvalue weighted by Gasteiger charge is -2.18. The first-order valence-corrected chi connectivity index (χ1v) is 9.00. The number of allylic oxidation sites excluding steroid dienone is 2. The highest BCUT2D eigenvalue weighted by atomic mass is 16.1. The summed E-state index contributed by atoms with van der Waals surface area (Å²) in [6.45, 7) is 13.0. The molecule has 128 valence electrons. The van der Waals surface area contributed by atoms with Gasteiger partial charge in [-0.3, -0.25) is 4.79 Å². The van der Waals surface area contributed by atoms with Crippen LogP contribution >= 0.6 is 0 Å². The summed E-state index contributed by atoms with van der Waals surface area (Å²) in [7, 11) is 0. The highest BCUT2D eigenvalue weighted by molar-refractivity contribution is 5.81. The maximum absolute atomic E-state index is 11.9. The van der Waals surface area contributed by atoms with Gasteiger partial charge in [0.15, 0.2) is 0 Å². The molecule has 0 rings (SSSR count). The Morgan fingerprint density at radius 3 is 1.27 bits per heavy atom. The Morgan fingerprint density at radius 1 is 0.682 bits per heavy atom. The fraction of sp³-hybridized carbons (Fsp3) is 0.737. The number of hydrogen-bond acceptors (Lipinski definition) is 3. The van der Waals surface area contributed by atoms with Crippen LogP contribution in [0.4, 0.5) is 0 Å². The quantitative estimate of drug-likeness (QED) is 0.468. The van der Waals surface area contributed by atoms with E-state index in [1.807, 2.05) is 12.2 Å². The molecule has 3 heteroatoms. The second-order valence-electron chi connectivity index (χ2n) is 5.79. The molecular weight excluding hydrogens is 272 g/mol. The zero-order chi connectivity index (χ0) is 16.6. The molecule has 0 atom stereocenters. The maximum atomic E-state index is 11.9. The molecule has 0 aromatic rings. The predicted octanol–water partition coefficient (Wildman–Crippen LogP) is 4.61. The number of carbonyl (C=O) groups excluding carboxylic acids is 1. The Balaban J connectivity index is 4.10. The Bertz CT molecular complexity index is 281. The standard InChI is InChI=1S/C19H36N2O/c1-5-13-20(14-6-2)17-9-11-19(22)12-10-18-21(15-7-3)16-8-4/h9-10,17-18H,5-8,11-16H2,1-4H3/b17-9+,18-10+. The molecule has 0 unspecified atom stereocenters. The van der Waals surface area contributed by atoms with E-state index in [-0.39, 0.29) is 5.78 Å². The molecule has 0 heterocycles. The van der Waals surface area contributed by atoms with Gasteiger partial charge in [0.25, 0.3) is 0 Å². The molecule has 3 nitrogen and oxygen atoms in total. The van der Waals surface area contributed by atoms with Crippen molar-refractivity contribution in [2.24, 2.45) is 0 Å². The van der Waals surface area contributed by atoms with Crippen LogP contribution in [-0.2, 0) is 4.79 Å². The summed E-state index contributed by atoms with van der Waals surface area (Å²) in [5, 5.41) is 0. The highest BCUT2D eigenvalue weighted by Crippen LogP contribution is 2.01. The monoisotopic (exact) mass is 308 g/mol. The van der Waals surface area contributed by atoms with Gasteiger partial charge in [-0.05, 0) is 38.1 Å². The molecule has 0 radical (unpaired) electrons. The van der Waals surface area contributed by atoms with Gasteiger partial charge in [0.2, 0.25) is 0 Å². The average molecular weight is 309 g/mol.